The van der Waals surface area contributed by atoms with E-state index >= 15 is 0 Å². The smallest absolute Gasteiger partial charge is 0.178 e. The molecule has 0 aliphatic heterocycles. The first-order chi connectivity index (χ1) is 18.3. The van der Waals surface area contributed by atoms with E-state index in [2.05, 4.69) is 25.8 Å². The fourth-order valence-electron chi connectivity index (χ4n) is 3.70. The summed E-state index contributed by atoms with van der Waals surface area (Å²) in [6.45, 7) is 4.18. The maximum Gasteiger partial charge on any atom is 0.178 e. The van der Waals surface area contributed by atoms with E-state index in [9.17, 15) is 18.6 Å². The van der Waals surface area contributed by atoms with Crippen LogP contribution in [0.2, 0.25) is 0 Å². The Morgan fingerprint density at radius 2 is 1.53 bits per heavy atom. The second-order valence-electron chi connectivity index (χ2n) is 8.17. The molecule has 0 aliphatic carbocycles. The van der Waals surface area contributed by atoms with Gasteiger partial charge in [0, 0.05) is 23.4 Å². The molecule has 0 bridgehead atoms. The third-order valence-corrected chi connectivity index (χ3v) is 7.53. The molecule has 0 saturated carbocycles. The number of phenolic OH excluding ortho intramolecular Hbond substituents is 2. The molecule has 0 aromatic heterocycles. The zero-order chi connectivity index (χ0) is 27.3. The minimum absolute atomic E-state index is 0.0155. The minimum Gasteiger partial charge on any atom is -0.506 e. The SMILES string of the molecule is CCNc1ccc2c(O)c(/N=N/c3cc(OC)ccc3O)ccc2c1/N=N/c1ccc(S(=O)(=O)CC)cc1. The van der Waals surface area contributed by atoms with Crippen molar-refractivity contribution < 1.29 is 23.4 Å². The summed E-state index contributed by atoms with van der Waals surface area (Å²) in [5, 5.41) is 42.3. The highest BCUT2D eigenvalue weighted by atomic mass is 32.2. The zero-order valence-electron chi connectivity index (χ0n) is 21.1. The number of methoxy groups -OCH3 is 1. The molecule has 0 fully saturated rings. The molecule has 196 valence electrons. The summed E-state index contributed by atoms with van der Waals surface area (Å²) in [6, 6.07) is 17.6. The Morgan fingerprint density at radius 3 is 2.21 bits per heavy atom. The predicted octanol–water partition coefficient (Wildman–Crippen LogP) is 7.32. The Kier molecular flexibility index (Phi) is 7.87. The number of ether oxygens (including phenoxy) is 1. The molecule has 0 spiro atoms. The van der Waals surface area contributed by atoms with E-state index in [-0.39, 0.29) is 33.5 Å². The van der Waals surface area contributed by atoms with Crippen LogP contribution in [0.3, 0.4) is 0 Å². The number of anilines is 1. The van der Waals surface area contributed by atoms with Crippen LogP contribution in [0.4, 0.5) is 28.4 Å². The lowest BCUT2D eigenvalue weighted by Crippen LogP contribution is -2.02. The molecule has 0 amide bonds. The first-order valence-electron chi connectivity index (χ1n) is 11.8. The standard InChI is InChI=1S/C27H27N5O5S/c1-4-28-22-13-12-21-20(26(22)32-29-17-6-9-19(10-7-17)38(35,36)5-2)11-14-23(27(21)34)30-31-24-16-18(37-3)8-15-25(24)33/h6-16,28,33-34H,4-5H2,1-3H3/b31-30+,32-29+. The van der Waals surface area contributed by atoms with Crippen molar-refractivity contribution in [2.24, 2.45) is 20.5 Å². The van der Waals surface area contributed by atoms with Crippen molar-refractivity contribution in [3.05, 3.63) is 66.7 Å². The molecule has 0 unspecified atom stereocenters. The molecule has 4 aromatic carbocycles. The van der Waals surface area contributed by atoms with E-state index in [4.69, 9.17) is 4.74 Å². The van der Waals surface area contributed by atoms with Crippen molar-refractivity contribution in [2.75, 3.05) is 24.7 Å². The van der Waals surface area contributed by atoms with Crippen LogP contribution in [0.25, 0.3) is 10.8 Å². The number of sulfone groups is 1. The van der Waals surface area contributed by atoms with Crippen LogP contribution in [-0.2, 0) is 9.84 Å². The third kappa shape index (κ3) is 5.57. The summed E-state index contributed by atoms with van der Waals surface area (Å²) < 4.78 is 29.3. The van der Waals surface area contributed by atoms with Crippen molar-refractivity contribution in [3.63, 3.8) is 0 Å². The summed E-state index contributed by atoms with van der Waals surface area (Å²) >= 11 is 0. The predicted molar refractivity (Wildman–Crippen MR) is 147 cm³/mol. The number of nitrogens with one attached hydrogen (secondary N) is 1. The number of nitrogens with zero attached hydrogens (tertiary/aromatic N) is 4. The van der Waals surface area contributed by atoms with E-state index in [0.717, 1.165) is 0 Å². The van der Waals surface area contributed by atoms with Gasteiger partial charge in [0.25, 0.3) is 0 Å². The lowest BCUT2D eigenvalue weighted by atomic mass is 10.1. The molecule has 0 aliphatic rings. The molecule has 0 radical (unpaired) electrons. The number of fused-ring (bicyclic) bond motifs is 1. The van der Waals surface area contributed by atoms with Gasteiger partial charge in [0.15, 0.2) is 15.6 Å². The fraction of sp³-hybridized carbons (Fsp3) is 0.185. The highest BCUT2D eigenvalue weighted by Crippen LogP contribution is 2.43. The van der Waals surface area contributed by atoms with Gasteiger partial charge < -0.3 is 20.3 Å². The number of azo groups is 2. The van der Waals surface area contributed by atoms with Crippen LogP contribution in [0.1, 0.15) is 13.8 Å². The Morgan fingerprint density at radius 1 is 0.816 bits per heavy atom. The average molecular weight is 534 g/mol. The highest BCUT2D eigenvalue weighted by molar-refractivity contribution is 7.91. The van der Waals surface area contributed by atoms with Gasteiger partial charge in [0.1, 0.15) is 28.6 Å². The molecule has 11 heteroatoms. The number of aromatic hydroxyl groups is 2. The summed E-state index contributed by atoms with van der Waals surface area (Å²) in [5.74, 6) is 0.337. The van der Waals surface area contributed by atoms with E-state index in [1.54, 1.807) is 49.4 Å². The molecule has 4 aromatic rings. The van der Waals surface area contributed by atoms with Gasteiger partial charge in [-0.2, -0.15) is 5.11 Å². The number of benzene rings is 4. The first kappa shape index (κ1) is 26.6. The van der Waals surface area contributed by atoms with Crippen molar-refractivity contribution in [1.82, 2.24) is 0 Å². The Labute approximate surface area is 220 Å². The Hall–Kier alpha value is -4.51. The molecular formula is C27H27N5O5S. The van der Waals surface area contributed by atoms with Crippen LogP contribution in [0, 0.1) is 0 Å². The normalized spacial score (nSPS) is 12.0. The molecule has 3 N–H and O–H groups in total. The van der Waals surface area contributed by atoms with Crippen LogP contribution < -0.4 is 10.1 Å². The van der Waals surface area contributed by atoms with Crippen molar-refractivity contribution in [3.8, 4) is 17.2 Å². The van der Waals surface area contributed by atoms with E-state index in [1.165, 1.54) is 31.4 Å². The van der Waals surface area contributed by atoms with Crippen molar-refractivity contribution in [1.29, 1.82) is 0 Å². The van der Waals surface area contributed by atoms with E-state index < -0.39 is 9.84 Å². The fourth-order valence-corrected chi connectivity index (χ4v) is 4.58. The zero-order valence-corrected chi connectivity index (χ0v) is 21.9. The summed E-state index contributed by atoms with van der Waals surface area (Å²) in [5.41, 5.74) is 2.08. The highest BCUT2D eigenvalue weighted by Gasteiger charge is 2.14. The van der Waals surface area contributed by atoms with Gasteiger partial charge in [-0.3, -0.25) is 0 Å². The average Bonchev–Trinajstić information content (AvgIpc) is 2.93. The largest absolute Gasteiger partial charge is 0.506 e. The maximum absolute atomic E-state index is 12.1. The van der Waals surface area contributed by atoms with E-state index in [0.29, 0.717) is 40.1 Å². The lowest BCUT2D eigenvalue weighted by Gasteiger charge is -2.11. The number of rotatable bonds is 9. The van der Waals surface area contributed by atoms with Crippen LogP contribution in [-0.4, -0.2) is 38.0 Å². The number of hydrogen-bond donors (Lipinski definition) is 3. The Bertz CT molecular complexity index is 1630. The van der Waals surface area contributed by atoms with Gasteiger partial charge in [-0.1, -0.05) is 6.92 Å². The molecule has 0 atom stereocenters. The Balaban J connectivity index is 1.72. The van der Waals surface area contributed by atoms with Gasteiger partial charge in [-0.15, -0.1) is 15.3 Å². The van der Waals surface area contributed by atoms with Crippen LogP contribution >= 0.6 is 0 Å². The maximum atomic E-state index is 12.1. The van der Waals surface area contributed by atoms with Gasteiger partial charge in [0.2, 0.25) is 0 Å². The monoisotopic (exact) mass is 533 g/mol. The topological polar surface area (TPSA) is 145 Å². The molecule has 4 rings (SSSR count). The van der Waals surface area contributed by atoms with Gasteiger partial charge >= 0.3 is 0 Å². The van der Waals surface area contributed by atoms with Crippen molar-refractivity contribution in [2.45, 2.75) is 18.7 Å². The number of hydrogen-bond acceptors (Lipinski definition) is 10. The molecule has 0 saturated heterocycles. The summed E-state index contributed by atoms with van der Waals surface area (Å²) in [6.07, 6.45) is 0. The lowest BCUT2D eigenvalue weighted by molar-refractivity contribution is 0.412. The quantitative estimate of drug-likeness (QED) is 0.192. The third-order valence-electron chi connectivity index (χ3n) is 5.78. The van der Waals surface area contributed by atoms with Crippen molar-refractivity contribution >= 4 is 49.0 Å². The van der Waals surface area contributed by atoms with Gasteiger partial charge in [0.05, 0.1) is 29.1 Å². The van der Waals surface area contributed by atoms with Crippen LogP contribution in [0.5, 0.6) is 17.2 Å². The van der Waals surface area contributed by atoms with Gasteiger partial charge in [-0.25, -0.2) is 8.42 Å². The second-order valence-corrected chi connectivity index (χ2v) is 10.5. The minimum atomic E-state index is -3.31. The molecular weight excluding hydrogens is 506 g/mol. The summed E-state index contributed by atoms with van der Waals surface area (Å²) in [7, 11) is -1.80. The molecule has 38 heavy (non-hydrogen) atoms. The van der Waals surface area contributed by atoms with Gasteiger partial charge in [-0.05, 0) is 67.6 Å². The summed E-state index contributed by atoms with van der Waals surface area (Å²) in [4.78, 5) is 0.228. The molecule has 10 nitrogen and oxygen atoms in total. The molecule has 0 heterocycles. The second kappa shape index (κ2) is 11.3. The number of phenols is 2. The first-order valence-corrected chi connectivity index (χ1v) is 13.5. The van der Waals surface area contributed by atoms with Crippen LogP contribution in [0.15, 0.2) is 92.1 Å². The van der Waals surface area contributed by atoms with E-state index in [1.807, 2.05) is 6.92 Å².